The number of aromatic nitrogens is 1. The second-order valence-corrected chi connectivity index (χ2v) is 6.11. The average Bonchev–Trinajstić information content (AvgIpc) is 2.98. The molecule has 0 saturated heterocycles. The Labute approximate surface area is 123 Å². The molecule has 0 atom stereocenters. The van der Waals surface area contributed by atoms with Crippen molar-refractivity contribution in [2.75, 3.05) is 18.0 Å². The van der Waals surface area contributed by atoms with Crippen LogP contribution in [-0.4, -0.2) is 33.0 Å². The first kappa shape index (κ1) is 15.1. The van der Waals surface area contributed by atoms with Crippen LogP contribution in [0.15, 0.2) is 47.5 Å². The molecule has 1 N–H and O–H groups in total. The van der Waals surface area contributed by atoms with Gasteiger partial charge in [-0.25, -0.2) is 13.2 Å². The number of rotatable bonds is 5. The highest BCUT2D eigenvalue weighted by atomic mass is 32.2. The van der Waals surface area contributed by atoms with E-state index in [1.165, 1.54) is 23.7 Å². The molecule has 1 aromatic heterocycles. The quantitative estimate of drug-likeness (QED) is 0.857. The molecule has 0 aliphatic carbocycles. The number of carbonyl (C=O) groups is 1. The van der Waals surface area contributed by atoms with Gasteiger partial charge in [0, 0.05) is 12.7 Å². The molecule has 1 heterocycles. The maximum absolute atomic E-state index is 12.6. The van der Waals surface area contributed by atoms with E-state index in [0.29, 0.717) is 5.69 Å². The van der Waals surface area contributed by atoms with E-state index in [0.717, 1.165) is 0 Å². The molecule has 6 nitrogen and oxygen atoms in total. The zero-order valence-corrected chi connectivity index (χ0v) is 12.6. The third-order valence-electron chi connectivity index (χ3n) is 2.98. The standard InChI is InChI=1S/C14H16N2O4S/c1-3-16(11-7-5-4-6-8-11)21(18,19)12-9-13(15-10-12)14(17)20-2/h4-10,15H,3H2,1-2H3. The minimum atomic E-state index is -3.73. The smallest absolute Gasteiger partial charge is 0.354 e. The van der Waals surface area contributed by atoms with Crippen LogP contribution >= 0.6 is 0 Å². The van der Waals surface area contributed by atoms with E-state index in [9.17, 15) is 13.2 Å². The van der Waals surface area contributed by atoms with Crippen molar-refractivity contribution < 1.29 is 17.9 Å². The first-order chi connectivity index (χ1) is 10.0. The van der Waals surface area contributed by atoms with Crippen molar-refractivity contribution in [3.8, 4) is 0 Å². The van der Waals surface area contributed by atoms with Crippen molar-refractivity contribution in [1.29, 1.82) is 0 Å². The number of hydrogen-bond acceptors (Lipinski definition) is 4. The minimum absolute atomic E-state index is 0.0219. The molecule has 0 saturated carbocycles. The zero-order chi connectivity index (χ0) is 15.5. The van der Waals surface area contributed by atoms with E-state index in [4.69, 9.17) is 0 Å². The van der Waals surface area contributed by atoms with Gasteiger partial charge in [-0.05, 0) is 25.1 Å². The Bertz CT molecular complexity index is 722. The molecular formula is C14H16N2O4S. The molecule has 0 fully saturated rings. The molecule has 0 radical (unpaired) electrons. The number of carbonyl (C=O) groups excluding carboxylic acids is 1. The van der Waals surface area contributed by atoms with Gasteiger partial charge in [0.1, 0.15) is 10.6 Å². The fourth-order valence-electron chi connectivity index (χ4n) is 1.96. The summed E-state index contributed by atoms with van der Waals surface area (Å²) in [5, 5.41) is 0. The lowest BCUT2D eigenvalue weighted by molar-refractivity contribution is 0.0595. The lowest BCUT2D eigenvalue weighted by atomic mass is 10.3. The second-order valence-electron chi connectivity index (χ2n) is 4.25. The Morgan fingerprint density at radius 3 is 2.52 bits per heavy atom. The number of esters is 1. The second kappa shape index (κ2) is 6.01. The van der Waals surface area contributed by atoms with Gasteiger partial charge in [-0.3, -0.25) is 4.31 Å². The van der Waals surface area contributed by atoms with Crippen LogP contribution in [0.1, 0.15) is 17.4 Å². The lowest BCUT2D eigenvalue weighted by Crippen LogP contribution is -2.30. The molecule has 0 unspecified atom stereocenters. The highest BCUT2D eigenvalue weighted by molar-refractivity contribution is 7.92. The molecule has 0 aliphatic heterocycles. The fourth-order valence-corrected chi connectivity index (χ4v) is 3.43. The highest BCUT2D eigenvalue weighted by Crippen LogP contribution is 2.23. The van der Waals surface area contributed by atoms with Crippen LogP contribution in [0.4, 0.5) is 5.69 Å². The van der Waals surface area contributed by atoms with E-state index >= 15 is 0 Å². The maximum atomic E-state index is 12.6. The Hall–Kier alpha value is -2.28. The van der Waals surface area contributed by atoms with Gasteiger partial charge < -0.3 is 9.72 Å². The van der Waals surface area contributed by atoms with Crippen molar-refractivity contribution in [3.05, 3.63) is 48.3 Å². The summed E-state index contributed by atoms with van der Waals surface area (Å²) in [7, 11) is -2.50. The summed E-state index contributed by atoms with van der Waals surface area (Å²) < 4.78 is 31.1. The van der Waals surface area contributed by atoms with Gasteiger partial charge in [-0.2, -0.15) is 0 Å². The summed E-state index contributed by atoms with van der Waals surface area (Å²) >= 11 is 0. The molecule has 0 amide bonds. The first-order valence-corrected chi connectivity index (χ1v) is 7.79. The van der Waals surface area contributed by atoms with Crippen molar-refractivity contribution in [1.82, 2.24) is 4.98 Å². The van der Waals surface area contributed by atoms with E-state index in [1.807, 2.05) is 6.07 Å². The number of anilines is 1. The summed E-state index contributed by atoms with van der Waals surface area (Å²) in [6, 6.07) is 10.1. The molecule has 21 heavy (non-hydrogen) atoms. The highest BCUT2D eigenvalue weighted by Gasteiger charge is 2.25. The molecule has 2 aromatic rings. The lowest BCUT2D eigenvalue weighted by Gasteiger charge is -2.22. The number of sulfonamides is 1. The van der Waals surface area contributed by atoms with Crippen LogP contribution in [-0.2, 0) is 14.8 Å². The monoisotopic (exact) mass is 308 g/mol. The number of nitrogens with zero attached hydrogens (tertiary/aromatic N) is 1. The van der Waals surface area contributed by atoms with Crippen molar-refractivity contribution >= 4 is 21.7 Å². The molecule has 1 aromatic carbocycles. The maximum Gasteiger partial charge on any atom is 0.354 e. The van der Waals surface area contributed by atoms with Gasteiger partial charge in [-0.15, -0.1) is 0 Å². The topological polar surface area (TPSA) is 79.5 Å². The van der Waals surface area contributed by atoms with Gasteiger partial charge in [0.2, 0.25) is 0 Å². The van der Waals surface area contributed by atoms with Gasteiger partial charge in [0.05, 0.1) is 12.8 Å². The number of nitrogens with one attached hydrogen (secondary N) is 1. The van der Waals surface area contributed by atoms with E-state index in [1.54, 1.807) is 31.2 Å². The van der Waals surface area contributed by atoms with E-state index < -0.39 is 16.0 Å². The van der Waals surface area contributed by atoms with Gasteiger partial charge in [0.25, 0.3) is 10.0 Å². The third-order valence-corrected chi connectivity index (χ3v) is 4.86. The Kier molecular flexibility index (Phi) is 4.32. The minimum Gasteiger partial charge on any atom is -0.464 e. The summed E-state index contributed by atoms with van der Waals surface area (Å²) in [5.41, 5.74) is 0.668. The Balaban J connectivity index is 2.41. The number of benzene rings is 1. The molecule has 0 spiro atoms. The van der Waals surface area contributed by atoms with Crippen LogP contribution in [0.5, 0.6) is 0 Å². The van der Waals surface area contributed by atoms with E-state index in [-0.39, 0.29) is 17.1 Å². The van der Waals surface area contributed by atoms with Crippen LogP contribution in [0, 0.1) is 0 Å². The molecule has 112 valence electrons. The van der Waals surface area contributed by atoms with E-state index in [2.05, 4.69) is 9.72 Å². The summed E-state index contributed by atoms with van der Waals surface area (Å²) in [4.78, 5) is 14.0. The number of ether oxygens (including phenoxy) is 1. The van der Waals surface area contributed by atoms with Crippen LogP contribution < -0.4 is 4.31 Å². The average molecular weight is 308 g/mol. The molecule has 0 bridgehead atoms. The summed E-state index contributed by atoms with van der Waals surface area (Å²) in [5.74, 6) is -0.612. The predicted octanol–water partition coefficient (Wildman–Crippen LogP) is 2.02. The fraction of sp³-hybridized carbons (Fsp3) is 0.214. The molecular weight excluding hydrogens is 292 g/mol. The van der Waals surface area contributed by atoms with Gasteiger partial charge >= 0.3 is 5.97 Å². The molecule has 2 rings (SSSR count). The first-order valence-electron chi connectivity index (χ1n) is 6.35. The number of methoxy groups -OCH3 is 1. The number of para-hydroxylation sites is 1. The normalized spacial score (nSPS) is 11.1. The largest absolute Gasteiger partial charge is 0.464 e. The summed E-state index contributed by atoms with van der Waals surface area (Å²) in [6.45, 7) is 2.03. The SMILES string of the molecule is CCN(c1ccccc1)S(=O)(=O)c1c[nH]c(C(=O)OC)c1. The Morgan fingerprint density at radius 2 is 1.95 bits per heavy atom. The third kappa shape index (κ3) is 2.92. The Morgan fingerprint density at radius 1 is 1.29 bits per heavy atom. The van der Waals surface area contributed by atoms with Crippen LogP contribution in [0.3, 0.4) is 0 Å². The predicted molar refractivity (Wildman–Crippen MR) is 78.8 cm³/mol. The summed E-state index contributed by atoms with van der Waals surface area (Å²) in [6.07, 6.45) is 1.28. The van der Waals surface area contributed by atoms with Gasteiger partial charge in [-0.1, -0.05) is 18.2 Å². The zero-order valence-electron chi connectivity index (χ0n) is 11.7. The van der Waals surface area contributed by atoms with Gasteiger partial charge in [0.15, 0.2) is 0 Å². The van der Waals surface area contributed by atoms with Crippen molar-refractivity contribution in [2.45, 2.75) is 11.8 Å². The number of hydrogen-bond donors (Lipinski definition) is 1. The molecule has 0 aliphatic rings. The van der Waals surface area contributed by atoms with Crippen molar-refractivity contribution in [2.24, 2.45) is 0 Å². The van der Waals surface area contributed by atoms with Crippen molar-refractivity contribution in [3.63, 3.8) is 0 Å². The van der Waals surface area contributed by atoms with Crippen LogP contribution in [0.25, 0.3) is 0 Å². The number of H-pyrrole nitrogens is 1. The molecule has 7 heteroatoms. The number of aromatic amines is 1. The van der Waals surface area contributed by atoms with Crippen LogP contribution in [0.2, 0.25) is 0 Å².